The Morgan fingerprint density at radius 3 is 2.61 bits per heavy atom. The van der Waals surface area contributed by atoms with E-state index in [0.717, 1.165) is 0 Å². The predicted octanol–water partition coefficient (Wildman–Crippen LogP) is 3.42. The Kier molecular flexibility index (Phi) is 5.03. The van der Waals surface area contributed by atoms with Gasteiger partial charge < -0.3 is 10.1 Å². The van der Waals surface area contributed by atoms with E-state index >= 15 is 0 Å². The molecule has 0 fully saturated rings. The Bertz CT molecular complexity index is 1400. The highest BCUT2D eigenvalue weighted by atomic mass is 16.6. The highest BCUT2D eigenvalue weighted by molar-refractivity contribution is 5.84. The summed E-state index contributed by atoms with van der Waals surface area (Å²) in [7, 11) is 1.55. The molecule has 0 saturated heterocycles. The molecule has 0 radical (unpaired) electrons. The summed E-state index contributed by atoms with van der Waals surface area (Å²) < 4.78 is 6.66. The second-order valence-electron chi connectivity index (χ2n) is 6.41. The van der Waals surface area contributed by atoms with Crippen molar-refractivity contribution in [2.75, 3.05) is 12.4 Å². The number of anilines is 2. The van der Waals surface area contributed by atoms with Gasteiger partial charge in [-0.1, -0.05) is 18.1 Å². The number of nitrogens with one attached hydrogen (secondary N) is 1. The fraction of sp³-hybridized carbons (Fsp3) is 0.0455. The number of hydrogen-bond acceptors (Lipinski definition) is 7. The fourth-order valence-corrected chi connectivity index (χ4v) is 3.12. The predicted molar refractivity (Wildman–Crippen MR) is 116 cm³/mol. The normalized spacial score (nSPS) is 10.5. The van der Waals surface area contributed by atoms with Gasteiger partial charge in [-0.2, -0.15) is 4.98 Å². The molecule has 0 unspecified atom stereocenters. The van der Waals surface area contributed by atoms with Crippen molar-refractivity contribution in [3.05, 3.63) is 86.8 Å². The molecule has 4 rings (SSSR count). The van der Waals surface area contributed by atoms with Crippen LogP contribution in [0.15, 0.2) is 65.6 Å². The molecule has 0 bridgehead atoms. The first kappa shape index (κ1) is 19.6. The third-order valence-corrected chi connectivity index (χ3v) is 4.59. The van der Waals surface area contributed by atoms with Crippen LogP contribution >= 0.6 is 0 Å². The molecule has 0 amide bonds. The third kappa shape index (κ3) is 3.65. The maximum absolute atomic E-state index is 12.8. The molecule has 0 saturated carbocycles. The van der Waals surface area contributed by atoms with Gasteiger partial charge in [0.25, 0.3) is 11.2 Å². The van der Waals surface area contributed by atoms with Crippen LogP contribution in [0.5, 0.6) is 5.75 Å². The van der Waals surface area contributed by atoms with Crippen molar-refractivity contribution < 1.29 is 9.66 Å². The highest BCUT2D eigenvalue weighted by Gasteiger charge is 2.14. The van der Waals surface area contributed by atoms with Gasteiger partial charge >= 0.3 is 0 Å². The summed E-state index contributed by atoms with van der Waals surface area (Å²) in [6, 6.07) is 14.1. The minimum atomic E-state index is -0.510. The van der Waals surface area contributed by atoms with Gasteiger partial charge in [-0.15, -0.1) is 6.42 Å². The lowest BCUT2D eigenvalue weighted by molar-refractivity contribution is -0.384. The van der Waals surface area contributed by atoms with Crippen LogP contribution in [-0.2, 0) is 0 Å². The van der Waals surface area contributed by atoms with E-state index in [2.05, 4.69) is 21.2 Å². The molecule has 4 aromatic rings. The summed E-state index contributed by atoms with van der Waals surface area (Å²) >= 11 is 0. The van der Waals surface area contributed by atoms with E-state index in [-0.39, 0.29) is 17.3 Å². The number of rotatable bonds is 5. The van der Waals surface area contributed by atoms with Crippen LogP contribution in [0.4, 0.5) is 17.3 Å². The Morgan fingerprint density at radius 1 is 1.19 bits per heavy atom. The maximum Gasteiger partial charge on any atom is 0.269 e. The largest absolute Gasteiger partial charge is 0.495 e. The number of para-hydroxylation sites is 2. The second kappa shape index (κ2) is 7.96. The minimum absolute atomic E-state index is 0.0884. The number of pyridine rings is 1. The minimum Gasteiger partial charge on any atom is -0.495 e. The van der Waals surface area contributed by atoms with Crippen molar-refractivity contribution in [3.63, 3.8) is 0 Å². The molecule has 2 aromatic heterocycles. The summed E-state index contributed by atoms with van der Waals surface area (Å²) in [6.45, 7) is 0. The Hall–Kier alpha value is -4.71. The maximum atomic E-state index is 12.8. The molecule has 9 nitrogen and oxygen atoms in total. The lowest BCUT2D eigenvalue weighted by Gasteiger charge is -2.13. The summed E-state index contributed by atoms with van der Waals surface area (Å²) in [5.41, 5.74) is 1.15. The van der Waals surface area contributed by atoms with Gasteiger partial charge in [-0.05, 0) is 24.3 Å². The molecule has 0 aliphatic heterocycles. The number of terminal acetylenes is 1. The zero-order valence-corrected chi connectivity index (χ0v) is 16.3. The number of benzene rings is 2. The first-order valence-corrected chi connectivity index (χ1v) is 9.06. The van der Waals surface area contributed by atoms with Crippen molar-refractivity contribution in [1.29, 1.82) is 0 Å². The van der Waals surface area contributed by atoms with Gasteiger partial charge in [0, 0.05) is 30.0 Å². The Morgan fingerprint density at radius 2 is 1.94 bits per heavy atom. The molecular weight excluding hydrogens is 398 g/mol. The number of fused-ring (bicyclic) bond motifs is 1. The highest BCUT2D eigenvalue weighted by Crippen LogP contribution is 2.27. The van der Waals surface area contributed by atoms with Crippen LogP contribution in [0.3, 0.4) is 0 Å². The monoisotopic (exact) mass is 413 g/mol. The number of aromatic nitrogens is 3. The molecule has 0 aliphatic rings. The van der Waals surface area contributed by atoms with Crippen molar-refractivity contribution in [2.45, 2.75) is 0 Å². The van der Waals surface area contributed by atoms with Crippen molar-refractivity contribution in [3.8, 4) is 23.8 Å². The Balaban J connectivity index is 1.90. The van der Waals surface area contributed by atoms with Gasteiger partial charge in [0.15, 0.2) is 5.65 Å². The van der Waals surface area contributed by atoms with Gasteiger partial charge in [0.05, 0.1) is 28.8 Å². The van der Waals surface area contributed by atoms with Crippen LogP contribution in [0.2, 0.25) is 0 Å². The van der Waals surface area contributed by atoms with Gasteiger partial charge in [0.2, 0.25) is 5.95 Å². The number of methoxy groups -OCH3 is 1. The average Bonchev–Trinajstić information content (AvgIpc) is 2.79. The van der Waals surface area contributed by atoms with E-state index in [0.29, 0.717) is 28.1 Å². The molecule has 2 heterocycles. The zero-order chi connectivity index (χ0) is 22.0. The van der Waals surface area contributed by atoms with Crippen molar-refractivity contribution in [2.24, 2.45) is 0 Å². The van der Waals surface area contributed by atoms with E-state index in [9.17, 15) is 14.9 Å². The molecular formula is C22H15N5O4. The van der Waals surface area contributed by atoms with E-state index < -0.39 is 10.5 Å². The lowest BCUT2D eigenvalue weighted by atomic mass is 10.2. The van der Waals surface area contributed by atoms with Gasteiger partial charge in [-0.3, -0.25) is 19.5 Å². The van der Waals surface area contributed by atoms with Crippen LogP contribution in [0.25, 0.3) is 16.7 Å². The molecule has 0 aliphatic carbocycles. The molecule has 1 N–H and O–H groups in total. The van der Waals surface area contributed by atoms with Crippen LogP contribution in [-0.4, -0.2) is 26.6 Å². The fourth-order valence-electron chi connectivity index (χ4n) is 3.12. The first-order chi connectivity index (χ1) is 15.0. The van der Waals surface area contributed by atoms with E-state index in [1.807, 2.05) is 12.1 Å². The summed E-state index contributed by atoms with van der Waals surface area (Å²) in [4.78, 5) is 32.1. The number of nitro groups is 1. The quantitative estimate of drug-likeness (QED) is 0.303. The van der Waals surface area contributed by atoms with E-state index in [1.165, 1.54) is 41.1 Å². The smallest absolute Gasteiger partial charge is 0.269 e. The molecule has 0 spiro atoms. The topological polar surface area (TPSA) is 112 Å². The van der Waals surface area contributed by atoms with Crippen LogP contribution < -0.4 is 15.6 Å². The van der Waals surface area contributed by atoms with Crippen LogP contribution in [0, 0.1) is 22.5 Å². The van der Waals surface area contributed by atoms with Crippen molar-refractivity contribution >= 4 is 28.4 Å². The number of nitrogens with zero attached hydrogens (tertiary/aromatic N) is 4. The standard InChI is InChI=1S/C22H15N5O4/c1-3-14-12-20(28)26(15-8-10-16(11-9-15)27(29)30)21-17(14)13-23-22(25-21)24-18-6-4-5-7-19(18)31-2/h1,4-13H,2H3,(H,23,24,25). The van der Waals surface area contributed by atoms with E-state index in [4.69, 9.17) is 11.2 Å². The average molecular weight is 413 g/mol. The number of ether oxygens (including phenoxy) is 1. The first-order valence-electron chi connectivity index (χ1n) is 9.06. The number of nitro benzene ring substituents is 1. The van der Waals surface area contributed by atoms with Gasteiger partial charge in [-0.25, -0.2) is 4.98 Å². The zero-order valence-electron chi connectivity index (χ0n) is 16.3. The van der Waals surface area contributed by atoms with Crippen LogP contribution in [0.1, 0.15) is 5.56 Å². The molecule has 2 aromatic carbocycles. The molecule has 152 valence electrons. The molecule has 0 atom stereocenters. The van der Waals surface area contributed by atoms with Crippen molar-refractivity contribution in [1.82, 2.24) is 14.5 Å². The summed E-state index contributed by atoms with van der Waals surface area (Å²) in [5.74, 6) is 3.30. The summed E-state index contributed by atoms with van der Waals surface area (Å²) in [6.07, 6.45) is 7.09. The SMILES string of the molecule is C#Cc1cc(=O)n(-c2ccc([N+](=O)[O-])cc2)c2nc(Nc3ccccc3OC)ncc12. The van der Waals surface area contributed by atoms with E-state index in [1.54, 1.807) is 19.2 Å². The third-order valence-electron chi connectivity index (χ3n) is 4.59. The second-order valence-corrected chi connectivity index (χ2v) is 6.41. The lowest BCUT2D eigenvalue weighted by Crippen LogP contribution is -2.20. The molecule has 9 heteroatoms. The molecule has 31 heavy (non-hydrogen) atoms. The Labute approximate surface area is 176 Å². The van der Waals surface area contributed by atoms with Gasteiger partial charge in [0.1, 0.15) is 5.75 Å². The number of hydrogen-bond donors (Lipinski definition) is 1. The number of non-ortho nitro benzene ring substituents is 1. The summed E-state index contributed by atoms with van der Waals surface area (Å²) in [5, 5.41) is 14.5.